The highest BCUT2D eigenvalue weighted by molar-refractivity contribution is 5.98. The zero-order valence-electron chi connectivity index (χ0n) is 17.7. The number of carbonyl (C=O) groups excluding carboxylic acids is 1. The molecule has 9 nitrogen and oxygen atoms in total. The normalized spacial score (nSPS) is 11.8. The second kappa shape index (κ2) is 8.81. The van der Waals surface area contributed by atoms with Crippen molar-refractivity contribution in [3.8, 4) is 17.1 Å². The van der Waals surface area contributed by atoms with E-state index < -0.39 is 23.4 Å². The summed E-state index contributed by atoms with van der Waals surface area (Å²) in [6.45, 7) is 6.06. The van der Waals surface area contributed by atoms with Crippen LogP contribution < -0.4 is 15.4 Å². The predicted molar refractivity (Wildman–Crippen MR) is 109 cm³/mol. The maximum atomic E-state index is 13.1. The minimum Gasteiger partial charge on any atom is -0.493 e. The van der Waals surface area contributed by atoms with Crippen LogP contribution >= 0.6 is 0 Å². The molecule has 12 heteroatoms. The molecule has 3 aromatic heterocycles. The lowest BCUT2D eigenvalue weighted by molar-refractivity contribution is -0.185. The van der Waals surface area contributed by atoms with Gasteiger partial charge in [-0.25, -0.2) is 14.8 Å². The Balaban J connectivity index is 1.68. The number of nitrogens with zero attached hydrogens (tertiary/aromatic N) is 4. The summed E-state index contributed by atoms with van der Waals surface area (Å²) in [4.78, 5) is 24.8. The predicted octanol–water partition coefficient (Wildman–Crippen LogP) is 4.72. The van der Waals surface area contributed by atoms with Crippen LogP contribution in [0.5, 0.6) is 5.75 Å². The number of urea groups is 1. The molecule has 0 radical (unpaired) electrons. The van der Waals surface area contributed by atoms with Crippen LogP contribution in [0.4, 0.5) is 29.5 Å². The molecule has 170 valence electrons. The van der Waals surface area contributed by atoms with E-state index in [4.69, 9.17) is 9.26 Å². The van der Waals surface area contributed by atoms with Crippen LogP contribution in [0.15, 0.2) is 35.2 Å². The Morgan fingerprint density at radius 2 is 1.78 bits per heavy atom. The van der Waals surface area contributed by atoms with Crippen molar-refractivity contribution in [2.75, 3.05) is 17.2 Å². The van der Waals surface area contributed by atoms with Crippen LogP contribution in [-0.2, 0) is 5.41 Å². The first-order chi connectivity index (χ1) is 15.0. The van der Waals surface area contributed by atoms with Gasteiger partial charge in [0.25, 0.3) is 0 Å². The summed E-state index contributed by atoms with van der Waals surface area (Å²) in [6.07, 6.45) is -0.197. The molecule has 0 aliphatic heterocycles. The number of rotatable bonds is 6. The highest BCUT2D eigenvalue weighted by Gasteiger charge is 2.51. The number of ether oxygens (including phenoxy) is 1. The van der Waals surface area contributed by atoms with Gasteiger partial charge in [-0.3, -0.25) is 10.3 Å². The molecule has 0 spiro atoms. The number of hydrogen-bond donors (Lipinski definition) is 2. The van der Waals surface area contributed by atoms with E-state index in [1.165, 1.54) is 12.4 Å². The third-order valence-corrected chi connectivity index (χ3v) is 4.53. The van der Waals surface area contributed by atoms with Crippen molar-refractivity contribution in [1.29, 1.82) is 0 Å². The van der Waals surface area contributed by atoms with E-state index in [2.05, 4.69) is 30.7 Å². The van der Waals surface area contributed by atoms with Crippen LogP contribution in [0.3, 0.4) is 0 Å². The fourth-order valence-electron chi connectivity index (χ4n) is 2.56. The van der Waals surface area contributed by atoms with Crippen molar-refractivity contribution >= 4 is 17.5 Å². The number of nitrogens with one attached hydrogen (secondary N) is 2. The second-order valence-corrected chi connectivity index (χ2v) is 7.33. The molecule has 0 saturated carbocycles. The molecule has 0 fully saturated rings. The SMILES string of the molecule is CCOc1cc(C)ncc1-c1ncc(NC(=O)Nc2cc(C(C)(C)C(F)(F)F)on2)cn1. The van der Waals surface area contributed by atoms with Crippen molar-refractivity contribution in [3.63, 3.8) is 0 Å². The third kappa shape index (κ3) is 4.95. The van der Waals surface area contributed by atoms with E-state index >= 15 is 0 Å². The van der Waals surface area contributed by atoms with E-state index in [0.29, 0.717) is 23.7 Å². The lowest BCUT2D eigenvalue weighted by Gasteiger charge is -2.24. The summed E-state index contributed by atoms with van der Waals surface area (Å²) in [5, 5.41) is 8.24. The average molecular weight is 450 g/mol. The van der Waals surface area contributed by atoms with Gasteiger partial charge in [-0.05, 0) is 27.7 Å². The Labute approximate surface area is 181 Å². The molecule has 0 aliphatic carbocycles. The van der Waals surface area contributed by atoms with Crippen LogP contribution in [0.1, 0.15) is 32.2 Å². The zero-order valence-corrected chi connectivity index (χ0v) is 17.7. The molecule has 3 heterocycles. The van der Waals surface area contributed by atoms with E-state index in [1.807, 2.05) is 13.8 Å². The number of anilines is 2. The van der Waals surface area contributed by atoms with E-state index in [9.17, 15) is 18.0 Å². The number of halogens is 3. The molecule has 3 rings (SSSR count). The summed E-state index contributed by atoms with van der Waals surface area (Å²) in [6, 6.07) is 2.04. The molecule has 3 aromatic rings. The first-order valence-corrected chi connectivity index (χ1v) is 9.55. The number of aryl methyl sites for hydroxylation is 1. The van der Waals surface area contributed by atoms with E-state index in [-0.39, 0.29) is 11.5 Å². The molecule has 0 saturated heterocycles. The fourth-order valence-corrected chi connectivity index (χ4v) is 2.56. The smallest absolute Gasteiger partial charge is 0.401 e. The summed E-state index contributed by atoms with van der Waals surface area (Å²) in [5.41, 5.74) is -0.632. The van der Waals surface area contributed by atoms with Gasteiger partial charge in [0.1, 0.15) is 11.2 Å². The second-order valence-electron chi connectivity index (χ2n) is 7.33. The molecule has 0 aromatic carbocycles. The van der Waals surface area contributed by atoms with Gasteiger partial charge < -0.3 is 14.6 Å². The topological polar surface area (TPSA) is 115 Å². The Bertz CT molecular complexity index is 1100. The van der Waals surface area contributed by atoms with Gasteiger partial charge in [-0.1, -0.05) is 5.16 Å². The molecular formula is C20H21F3N6O3. The van der Waals surface area contributed by atoms with Crippen molar-refractivity contribution in [2.45, 2.75) is 39.3 Å². The zero-order chi connectivity index (χ0) is 23.5. The minimum atomic E-state index is -4.54. The molecule has 0 bridgehead atoms. The first-order valence-electron chi connectivity index (χ1n) is 9.55. The fraction of sp³-hybridized carbons (Fsp3) is 0.350. The van der Waals surface area contributed by atoms with Gasteiger partial charge in [0.2, 0.25) is 0 Å². The number of aromatic nitrogens is 4. The molecule has 0 atom stereocenters. The van der Waals surface area contributed by atoms with E-state index in [1.54, 1.807) is 12.3 Å². The van der Waals surface area contributed by atoms with Crippen LogP contribution in [0.2, 0.25) is 0 Å². The van der Waals surface area contributed by atoms with Gasteiger partial charge in [0.05, 0.1) is 30.3 Å². The van der Waals surface area contributed by atoms with Crippen molar-refractivity contribution in [1.82, 2.24) is 20.1 Å². The number of hydrogen-bond acceptors (Lipinski definition) is 7. The third-order valence-electron chi connectivity index (χ3n) is 4.53. The van der Waals surface area contributed by atoms with Gasteiger partial charge in [0.15, 0.2) is 17.4 Å². The summed E-state index contributed by atoms with van der Waals surface area (Å²) in [7, 11) is 0. The lowest BCUT2D eigenvalue weighted by Crippen LogP contribution is -2.35. The van der Waals surface area contributed by atoms with Crippen LogP contribution in [0, 0.1) is 6.92 Å². The quantitative estimate of drug-likeness (QED) is 0.558. The molecule has 0 unspecified atom stereocenters. The minimum absolute atomic E-state index is 0.167. The monoisotopic (exact) mass is 450 g/mol. The molecule has 2 N–H and O–H groups in total. The maximum Gasteiger partial charge on any atom is 0.401 e. The van der Waals surface area contributed by atoms with Crippen molar-refractivity contribution < 1.29 is 27.2 Å². The highest BCUT2D eigenvalue weighted by atomic mass is 19.4. The maximum absolute atomic E-state index is 13.1. The average Bonchev–Trinajstić information content (AvgIpc) is 3.17. The standard InChI is InChI=1S/C20H21F3N6O3/c1-5-31-14-6-11(2)24-10-13(14)17-25-8-12(9-26-17)27-18(30)28-16-7-15(32-29-16)19(3,4)20(21,22)23/h6-10H,5H2,1-4H3,(H2,27,28,29,30). The summed E-state index contributed by atoms with van der Waals surface area (Å²) in [5.74, 6) is 0.341. The van der Waals surface area contributed by atoms with Gasteiger partial charge in [0, 0.05) is 24.0 Å². The Hall–Kier alpha value is -3.70. The molecule has 2 amide bonds. The van der Waals surface area contributed by atoms with Gasteiger partial charge in [-0.15, -0.1) is 0 Å². The lowest BCUT2D eigenvalue weighted by atomic mass is 9.89. The molecule has 32 heavy (non-hydrogen) atoms. The number of carbonyl (C=O) groups is 1. The summed E-state index contributed by atoms with van der Waals surface area (Å²) < 4.78 is 49.7. The Kier molecular flexibility index (Phi) is 6.32. The molecular weight excluding hydrogens is 429 g/mol. The number of alkyl halides is 3. The van der Waals surface area contributed by atoms with Crippen LogP contribution in [-0.4, -0.2) is 38.9 Å². The first kappa shape index (κ1) is 23.0. The van der Waals surface area contributed by atoms with Crippen molar-refractivity contribution in [2.24, 2.45) is 0 Å². The largest absolute Gasteiger partial charge is 0.493 e. The summed E-state index contributed by atoms with van der Waals surface area (Å²) >= 11 is 0. The Morgan fingerprint density at radius 3 is 2.41 bits per heavy atom. The van der Waals surface area contributed by atoms with Gasteiger partial charge >= 0.3 is 12.2 Å². The van der Waals surface area contributed by atoms with Crippen molar-refractivity contribution in [3.05, 3.63) is 42.2 Å². The number of pyridine rings is 1. The number of amides is 2. The highest BCUT2D eigenvalue weighted by Crippen LogP contribution is 2.41. The van der Waals surface area contributed by atoms with Gasteiger partial charge in [-0.2, -0.15) is 13.2 Å². The Morgan fingerprint density at radius 1 is 1.09 bits per heavy atom. The van der Waals surface area contributed by atoms with Crippen LogP contribution in [0.25, 0.3) is 11.4 Å². The molecule has 0 aliphatic rings. The van der Waals surface area contributed by atoms with E-state index in [0.717, 1.165) is 25.6 Å².